The maximum atomic E-state index is 13.6. The predicted molar refractivity (Wildman–Crippen MR) is 135 cm³/mol. The number of piperazine rings is 1. The number of H-pyrrole nitrogens is 1. The summed E-state index contributed by atoms with van der Waals surface area (Å²) in [5.74, 6) is -0.0404. The van der Waals surface area contributed by atoms with Crippen LogP contribution in [0.4, 0.5) is 19.0 Å². The third-order valence-corrected chi connectivity index (χ3v) is 6.96. The number of alkyl halides is 3. The van der Waals surface area contributed by atoms with Crippen molar-refractivity contribution in [2.24, 2.45) is 0 Å². The molecule has 2 aliphatic rings. The van der Waals surface area contributed by atoms with Crippen LogP contribution in [0.25, 0.3) is 0 Å². The van der Waals surface area contributed by atoms with Crippen LogP contribution in [0.5, 0.6) is 5.75 Å². The number of halogens is 3. The van der Waals surface area contributed by atoms with Crippen molar-refractivity contribution in [2.75, 3.05) is 37.7 Å². The molecule has 1 aromatic carbocycles. The summed E-state index contributed by atoms with van der Waals surface area (Å²) in [5, 5.41) is 14.2. The normalized spacial score (nSPS) is 18.8. The Morgan fingerprint density at radius 3 is 2.60 bits per heavy atom. The molecule has 1 aliphatic heterocycles. The van der Waals surface area contributed by atoms with Gasteiger partial charge in [-0.05, 0) is 23.3 Å². The van der Waals surface area contributed by atoms with Gasteiger partial charge in [-0.3, -0.25) is 9.59 Å². The molecule has 3 heterocycles. The van der Waals surface area contributed by atoms with E-state index in [1.807, 2.05) is 23.1 Å². The van der Waals surface area contributed by atoms with Crippen LogP contribution >= 0.6 is 0 Å². The first kappa shape index (κ1) is 27.1. The molecule has 0 spiro atoms. The van der Waals surface area contributed by atoms with E-state index in [-0.39, 0.29) is 18.9 Å². The second-order valence-electron chi connectivity index (χ2n) is 9.42. The zero-order valence-corrected chi connectivity index (χ0v) is 21.2. The van der Waals surface area contributed by atoms with E-state index < -0.39 is 35.3 Å². The minimum atomic E-state index is -4.94. The molecule has 208 valence electrons. The highest BCUT2D eigenvalue weighted by Crippen LogP contribution is 2.40. The predicted octanol–water partition coefficient (Wildman–Crippen LogP) is 2.86. The van der Waals surface area contributed by atoms with Crippen molar-refractivity contribution in [3.63, 3.8) is 0 Å². The maximum absolute atomic E-state index is 13.6. The Balaban J connectivity index is 1.19. The number of rotatable bonds is 7. The molecule has 1 fully saturated rings. The highest BCUT2D eigenvalue weighted by molar-refractivity contribution is 5.76. The first-order chi connectivity index (χ1) is 19.2. The topological polar surface area (TPSA) is 124 Å². The van der Waals surface area contributed by atoms with Gasteiger partial charge in [0.25, 0.3) is 5.56 Å². The summed E-state index contributed by atoms with van der Waals surface area (Å²) < 4.78 is 52.5. The molecule has 0 bridgehead atoms. The first-order valence-corrected chi connectivity index (χ1v) is 12.6. The Morgan fingerprint density at radius 2 is 1.90 bits per heavy atom. The van der Waals surface area contributed by atoms with Crippen LogP contribution in [0.1, 0.15) is 34.8 Å². The van der Waals surface area contributed by atoms with Crippen molar-refractivity contribution in [3.8, 4) is 11.8 Å². The summed E-state index contributed by atoms with van der Waals surface area (Å²) in [6.45, 7) is 2.22. The Kier molecular flexibility index (Phi) is 7.70. The number of ether oxygens (including phenoxy) is 2. The zero-order valence-electron chi connectivity index (χ0n) is 21.2. The van der Waals surface area contributed by atoms with Crippen molar-refractivity contribution >= 4 is 11.7 Å². The number of hydrogen-bond donors (Lipinski definition) is 1. The van der Waals surface area contributed by atoms with Crippen molar-refractivity contribution in [2.45, 2.75) is 31.2 Å². The summed E-state index contributed by atoms with van der Waals surface area (Å²) in [6.07, 6.45) is -3.70. The lowest BCUT2D eigenvalue weighted by Crippen LogP contribution is -2.49. The lowest BCUT2D eigenvalue weighted by molar-refractivity contribution is -0.141. The molecular weight excluding hydrogens is 529 g/mol. The number of benzene rings is 1. The van der Waals surface area contributed by atoms with Crippen LogP contribution in [0.2, 0.25) is 0 Å². The Bertz CT molecular complexity index is 1460. The lowest BCUT2D eigenvalue weighted by atomic mass is 10.1. The number of anilines is 1. The average Bonchev–Trinajstić information content (AvgIpc) is 3.29. The zero-order chi connectivity index (χ0) is 28.3. The number of fused-ring (bicyclic) bond motifs is 1. The van der Waals surface area contributed by atoms with E-state index in [1.165, 1.54) is 6.20 Å². The van der Waals surface area contributed by atoms with Crippen molar-refractivity contribution < 1.29 is 27.4 Å². The van der Waals surface area contributed by atoms with Crippen LogP contribution in [0, 0.1) is 11.3 Å². The van der Waals surface area contributed by atoms with Gasteiger partial charge in [0.2, 0.25) is 5.91 Å². The molecule has 1 amide bonds. The summed E-state index contributed by atoms with van der Waals surface area (Å²) in [6, 6.07) is 12.6. The fourth-order valence-electron chi connectivity index (χ4n) is 4.96. The molecule has 0 radical (unpaired) electrons. The maximum Gasteiger partial charge on any atom is 0.425 e. The van der Waals surface area contributed by atoms with E-state index in [0.29, 0.717) is 43.7 Å². The molecule has 1 N–H and O–H groups in total. The highest BCUT2D eigenvalue weighted by atomic mass is 19.4. The molecule has 13 heteroatoms. The minimum Gasteiger partial charge on any atom is -0.480 e. The van der Waals surface area contributed by atoms with Crippen molar-refractivity contribution in [1.29, 1.82) is 5.26 Å². The van der Waals surface area contributed by atoms with Crippen LogP contribution in [0.15, 0.2) is 53.6 Å². The number of aromatic amines is 1. The Labute approximate surface area is 226 Å². The number of aromatic nitrogens is 3. The number of amides is 1. The van der Waals surface area contributed by atoms with Crippen molar-refractivity contribution in [3.05, 3.63) is 81.4 Å². The molecule has 3 aromatic rings. The highest BCUT2D eigenvalue weighted by Gasteiger charge is 2.41. The number of nitrogens with one attached hydrogen (secondary N) is 1. The third kappa shape index (κ3) is 5.76. The van der Waals surface area contributed by atoms with Gasteiger partial charge in [0.05, 0.1) is 24.8 Å². The number of nitrogens with zero attached hydrogens (tertiary/aromatic N) is 5. The van der Waals surface area contributed by atoms with Gasteiger partial charge >= 0.3 is 6.18 Å². The standard InChI is InChI=1S/C27H25F3N6O4/c28-27(29,30)24-21(16-33-34-26(24)38)40-25-19-4-2-1-3-18(19)13-20(25)39-12-7-23(37)36-10-8-35(9-11-36)22-6-5-17(14-31)15-32-22/h1-6,15-16,20,25H,7-13H2,(H,34,38). The van der Waals surface area contributed by atoms with Gasteiger partial charge in [-0.25, -0.2) is 10.1 Å². The number of nitriles is 1. The molecule has 1 aliphatic carbocycles. The average molecular weight is 555 g/mol. The van der Waals surface area contributed by atoms with E-state index in [1.54, 1.807) is 34.3 Å². The van der Waals surface area contributed by atoms with Gasteiger partial charge < -0.3 is 19.3 Å². The van der Waals surface area contributed by atoms with E-state index in [4.69, 9.17) is 14.7 Å². The van der Waals surface area contributed by atoms with Gasteiger partial charge in [0.15, 0.2) is 17.4 Å². The van der Waals surface area contributed by atoms with Gasteiger partial charge in [-0.2, -0.15) is 23.5 Å². The number of pyridine rings is 1. The minimum absolute atomic E-state index is 0.0501. The number of carbonyl (C=O) groups is 1. The van der Waals surface area contributed by atoms with Gasteiger partial charge in [-0.15, -0.1) is 0 Å². The molecule has 40 heavy (non-hydrogen) atoms. The van der Waals surface area contributed by atoms with E-state index in [0.717, 1.165) is 17.6 Å². The lowest BCUT2D eigenvalue weighted by Gasteiger charge is -2.35. The number of carbonyl (C=O) groups excluding carboxylic acids is 1. The summed E-state index contributed by atoms with van der Waals surface area (Å²) >= 11 is 0. The van der Waals surface area contributed by atoms with Crippen LogP contribution in [-0.2, 0) is 22.1 Å². The molecule has 10 nitrogen and oxygen atoms in total. The summed E-state index contributed by atoms with van der Waals surface area (Å²) in [7, 11) is 0. The van der Waals surface area contributed by atoms with E-state index in [9.17, 15) is 22.8 Å². The SMILES string of the molecule is N#Cc1ccc(N2CCN(C(=O)CCOC3Cc4ccccc4C3Oc3cn[nH]c(=O)c3C(F)(F)F)CC2)nc1. The summed E-state index contributed by atoms with van der Waals surface area (Å²) in [5.41, 5.74) is -0.876. The van der Waals surface area contributed by atoms with Crippen molar-refractivity contribution in [1.82, 2.24) is 20.1 Å². The van der Waals surface area contributed by atoms with E-state index in [2.05, 4.69) is 10.1 Å². The summed E-state index contributed by atoms with van der Waals surface area (Å²) in [4.78, 5) is 32.8. The Hall–Kier alpha value is -4.44. The fourth-order valence-corrected chi connectivity index (χ4v) is 4.96. The molecule has 0 saturated carbocycles. The Morgan fingerprint density at radius 1 is 1.12 bits per heavy atom. The third-order valence-electron chi connectivity index (χ3n) is 6.96. The van der Waals surface area contributed by atoms with Crippen LogP contribution in [0.3, 0.4) is 0 Å². The molecular formula is C27H25F3N6O4. The molecule has 2 aromatic heterocycles. The monoisotopic (exact) mass is 554 g/mol. The second-order valence-corrected chi connectivity index (χ2v) is 9.42. The molecule has 2 unspecified atom stereocenters. The number of hydrogen-bond acceptors (Lipinski definition) is 8. The van der Waals surface area contributed by atoms with Gasteiger partial charge in [0.1, 0.15) is 18.0 Å². The molecule has 1 saturated heterocycles. The largest absolute Gasteiger partial charge is 0.480 e. The molecule has 5 rings (SSSR count). The van der Waals surface area contributed by atoms with E-state index >= 15 is 0 Å². The smallest absolute Gasteiger partial charge is 0.425 e. The van der Waals surface area contributed by atoms with Crippen LogP contribution < -0.4 is 15.2 Å². The second kappa shape index (κ2) is 11.4. The first-order valence-electron chi connectivity index (χ1n) is 12.6. The molecule has 2 atom stereocenters. The fraction of sp³-hybridized carbons (Fsp3) is 0.370. The van der Waals surface area contributed by atoms with Gasteiger partial charge in [-0.1, -0.05) is 24.3 Å². The quantitative estimate of drug-likeness (QED) is 0.473. The van der Waals surface area contributed by atoms with Crippen LogP contribution in [-0.4, -0.2) is 64.9 Å². The van der Waals surface area contributed by atoms with Gasteiger partial charge in [0, 0.05) is 38.8 Å².